The minimum Gasteiger partial charge on any atom is -0.468 e. The van der Waals surface area contributed by atoms with Crippen LogP contribution in [0.3, 0.4) is 0 Å². The van der Waals surface area contributed by atoms with Gasteiger partial charge in [-0.15, -0.1) is 0 Å². The Hall–Kier alpha value is -2.73. The fourth-order valence-electron chi connectivity index (χ4n) is 5.44. The summed E-state index contributed by atoms with van der Waals surface area (Å²) in [6, 6.07) is 15.9. The smallest absolute Gasteiger partial charge is 0.468 e. The molecule has 2 fully saturated rings. The summed E-state index contributed by atoms with van der Waals surface area (Å²) in [6.45, 7) is 18.2. The molecule has 0 saturated carbocycles. The van der Waals surface area contributed by atoms with Crippen LogP contribution in [0.2, 0.25) is 0 Å². The number of nitrogens with zero attached hydrogens (tertiary/aromatic N) is 2. The second-order valence-corrected chi connectivity index (χ2v) is 14.1. The third-order valence-corrected chi connectivity index (χ3v) is 9.81. The van der Waals surface area contributed by atoms with Gasteiger partial charge in [0.25, 0.3) is 0 Å². The molecule has 0 bridgehead atoms. The van der Waals surface area contributed by atoms with E-state index in [1.165, 1.54) is 14.2 Å². The summed E-state index contributed by atoms with van der Waals surface area (Å²) in [4.78, 5) is 29.1. The molecule has 2 aromatic carbocycles. The summed E-state index contributed by atoms with van der Waals surface area (Å²) in [6.07, 6.45) is 0. The molecule has 0 atom stereocenters. The van der Waals surface area contributed by atoms with Crippen molar-refractivity contribution >= 4 is 37.1 Å². The van der Waals surface area contributed by atoms with Crippen molar-refractivity contribution in [3.8, 4) is 0 Å². The molecule has 46 heavy (non-hydrogen) atoms. The lowest BCUT2D eigenvalue weighted by Gasteiger charge is -2.32. The zero-order chi connectivity index (χ0) is 33.9. The summed E-state index contributed by atoms with van der Waals surface area (Å²) < 4.78 is 35.5. The van der Waals surface area contributed by atoms with E-state index in [2.05, 4.69) is 0 Å². The first kappa shape index (κ1) is 36.1. The van der Waals surface area contributed by atoms with Crippen molar-refractivity contribution in [2.45, 2.75) is 90.9 Å². The van der Waals surface area contributed by atoms with Crippen molar-refractivity contribution in [1.82, 2.24) is 9.80 Å². The molecule has 250 valence electrons. The Morgan fingerprint density at radius 3 is 1.20 bits per heavy atom. The Kier molecular flexibility index (Phi) is 11.1. The largest absolute Gasteiger partial charge is 0.495 e. The summed E-state index contributed by atoms with van der Waals surface area (Å²) in [5.41, 5.74) is 1.86. The van der Waals surface area contributed by atoms with Gasteiger partial charge < -0.3 is 28.1 Å². The zero-order valence-electron chi connectivity index (χ0n) is 29.2. The average Bonchev–Trinajstić information content (AvgIpc) is 3.35. The zero-order valence-corrected chi connectivity index (χ0v) is 29.2. The number of carbonyl (C=O) groups is 2. The molecule has 0 amide bonds. The highest BCUT2D eigenvalue weighted by Crippen LogP contribution is 2.37. The third kappa shape index (κ3) is 8.21. The van der Waals surface area contributed by atoms with E-state index in [4.69, 9.17) is 28.1 Å². The lowest BCUT2D eigenvalue weighted by atomic mass is 9.75. The van der Waals surface area contributed by atoms with Crippen LogP contribution in [-0.2, 0) is 50.8 Å². The second-order valence-electron chi connectivity index (χ2n) is 14.1. The van der Waals surface area contributed by atoms with Crippen LogP contribution in [0.25, 0.3) is 0 Å². The fourth-order valence-corrected chi connectivity index (χ4v) is 5.44. The Labute approximate surface area is 275 Å². The van der Waals surface area contributed by atoms with E-state index >= 15 is 0 Å². The molecule has 2 aromatic rings. The maximum absolute atomic E-state index is 12.6. The Morgan fingerprint density at radius 2 is 0.891 bits per heavy atom. The van der Waals surface area contributed by atoms with Crippen molar-refractivity contribution in [3.05, 3.63) is 59.7 Å². The van der Waals surface area contributed by atoms with Crippen molar-refractivity contribution in [3.63, 3.8) is 0 Å². The summed E-state index contributed by atoms with van der Waals surface area (Å²) in [5.74, 6) is -0.697. The number of hydrogen-bond acceptors (Lipinski definition) is 10. The standard InChI is InChI=1S/C34H50B2N2O8/c1-31(2)32(3,4)44-35(43-31)27-17-13-11-15-25(27)21-37(23-29(39)41-9)19-20-38(24-30(40)42-10)22-26-16-12-14-18-28(26)36-45-33(5,6)34(7,8)46-36/h11-18H,19-24H2,1-10H3. The predicted molar refractivity (Wildman–Crippen MR) is 179 cm³/mol. The van der Waals surface area contributed by atoms with Crippen LogP contribution in [0.1, 0.15) is 66.5 Å². The van der Waals surface area contributed by atoms with Crippen LogP contribution in [-0.4, -0.2) is 98.8 Å². The van der Waals surface area contributed by atoms with Gasteiger partial charge in [0.2, 0.25) is 0 Å². The van der Waals surface area contributed by atoms with Gasteiger partial charge in [0.15, 0.2) is 0 Å². The van der Waals surface area contributed by atoms with Gasteiger partial charge >= 0.3 is 26.2 Å². The highest BCUT2D eigenvalue weighted by atomic mass is 16.7. The van der Waals surface area contributed by atoms with E-state index in [0.29, 0.717) is 26.2 Å². The lowest BCUT2D eigenvalue weighted by Crippen LogP contribution is -2.43. The lowest BCUT2D eigenvalue weighted by molar-refractivity contribution is -0.143. The molecule has 0 N–H and O–H groups in total. The Morgan fingerprint density at radius 1 is 0.587 bits per heavy atom. The van der Waals surface area contributed by atoms with Crippen LogP contribution in [0.4, 0.5) is 0 Å². The predicted octanol–water partition coefficient (Wildman–Crippen LogP) is 2.94. The molecule has 0 unspecified atom stereocenters. The SMILES string of the molecule is COC(=O)CN(CCN(CC(=O)OC)Cc1ccccc1B1OC(C)(C)C(C)(C)O1)Cc1ccccc1B1OC(C)(C)C(C)(C)O1. The minimum absolute atomic E-state index is 0.0742. The number of carbonyl (C=O) groups excluding carboxylic acids is 2. The maximum atomic E-state index is 12.6. The number of esters is 2. The van der Waals surface area contributed by atoms with E-state index in [1.54, 1.807) is 0 Å². The van der Waals surface area contributed by atoms with Crippen LogP contribution in [0, 0.1) is 0 Å². The molecule has 0 aliphatic carbocycles. The number of hydrogen-bond donors (Lipinski definition) is 0. The second kappa shape index (κ2) is 14.2. The molecule has 2 aliphatic heterocycles. The maximum Gasteiger partial charge on any atom is 0.495 e. The van der Waals surface area contributed by atoms with Crippen molar-refractivity contribution in [2.75, 3.05) is 40.4 Å². The van der Waals surface area contributed by atoms with Crippen LogP contribution < -0.4 is 10.9 Å². The Balaban J connectivity index is 1.55. The number of benzene rings is 2. The van der Waals surface area contributed by atoms with Crippen molar-refractivity contribution < 1.29 is 37.7 Å². The van der Waals surface area contributed by atoms with Crippen LogP contribution in [0.5, 0.6) is 0 Å². The summed E-state index contributed by atoms with van der Waals surface area (Å²) in [5, 5.41) is 0. The topological polar surface area (TPSA) is 96.0 Å². The molecule has 2 saturated heterocycles. The van der Waals surface area contributed by atoms with Gasteiger partial charge in [0.05, 0.1) is 49.7 Å². The van der Waals surface area contributed by atoms with Gasteiger partial charge in [0, 0.05) is 26.2 Å². The van der Waals surface area contributed by atoms with Gasteiger partial charge in [-0.1, -0.05) is 48.5 Å². The van der Waals surface area contributed by atoms with E-state index in [-0.39, 0.29) is 25.0 Å². The van der Waals surface area contributed by atoms with Gasteiger partial charge in [-0.25, -0.2) is 0 Å². The molecule has 0 radical (unpaired) electrons. The highest BCUT2D eigenvalue weighted by Gasteiger charge is 2.53. The summed E-state index contributed by atoms with van der Waals surface area (Å²) in [7, 11) is 1.69. The average molecular weight is 636 g/mol. The molecule has 12 heteroatoms. The number of methoxy groups -OCH3 is 2. The molecule has 2 heterocycles. The molecule has 4 rings (SSSR count). The summed E-state index contributed by atoms with van der Waals surface area (Å²) >= 11 is 0. The molecular weight excluding hydrogens is 586 g/mol. The van der Waals surface area contributed by atoms with Gasteiger partial charge in [0.1, 0.15) is 0 Å². The number of ether oxygens (including phenoxy) is 2. The first-order valence-electron chi connectivity index (χ1n) is 15.9. The van der Waals surface area contributed by atoms with Crippen LogP contribution >= 0.6 is 0 Å². The molecular formula is C34H50B2N2O8. The highest BCUT2D eigenvalue weighted by molar-refractivity contribution is 6.63. The third-order valence-electron chi connectivity index (χ3n) is 9.81. The van der Waals surface area contributed by atoms with E-state index in [1.807, 2.05) is 114 Å². The van der Waals surface area contributed by atoms with Gasteiger partial charge in [-0.2, -0.15) is 0 Å². The monoisotopic (exact) mass is 636 g/mol. The normalized spacial score (nSPS) is 19.6. The van der Waals surface area contributed by atoms with Crippen LogP contribution in [0.15, 0.2) is 48.5 Å². The number of rotatable bonds is 13. The van der Waals surface area contributed by atoms with Crippen molar-refractivity contribution in [1.29, 1.82) is 0 Å². The Bertz CT molecular complexity index is 1250. The fraction of sp³-hybridized carbons (Fsp3) is 0.588. The van der Waals surface area contributed by atoms with Crippen molar-refractivity contribution in [2.24, 2.45) is 0 Å². The van der Waals surface area contributed by atoms with E-state index in [0.717, 1.165) is 22.1 Å². The molecule has 2 aliphatic rings. The molecule has 0 aromatic heterocycles. The first-order valence-corrected chi connectivity index (χ1v) is 15.9. The van der Waals surface area contributed by atoms with Gasteiger partial charge in [-0.05, 0) is 77.4 Å². The first-order chi connectivity index (χ1) is 21.5. The molecule has 10 nitrogen and oxygen atoms in total. The van der Waals surface area contributed by atoms with E-state index < -0.39 is 36.6 Å². The minimum atomic E-state index is -0.538. The van der Waals surface area contributed by atoms with Gasteiger partial charge in [-0.3, -0.25) is 19.4 Å². The quantitative estimate of drug-likeness (QED) is 0.241. The molecule has 0 spiro atoms. The van der Waals surface area contributed by atoms with E-state index in [9.17, 15) is 9.59 Å².